The Morgan fingerprint density at radius 2 is 0.593 bits per heavy atom. The van der Waals surface area contributed by atoms with Crippen LogP contribution in [0.3, 0.4) is 0 Å². The smallest absolute Gasteiger partial charge is 0.329 e. The highest BCUT2D eigenvalue weighted by molar-refractivity contribution is 7.48. The lowest BCUT2D eigenvalue weighted by Crippen LogP contribution is -2.58. The van der Waals surface area contributed by atoms with Crippen LogP contribution in [0.2, 0.25) is 0 Å². The topological polar surface area (TPSA) is 229 Å². The number of hydrogen-bond donors (Lipinski definition) is 0. The summed E-state index contributed by atoms with van der Waals surface area (Å²) < 4.78 is 147. The highest BCUT2D eigenvalue weighted by atomic mass is 31.2. The number of phosphoric acid groups is 1. The number of aromatic nitrogens is 18. The van der Waals surface area contributed by atoms with Gasteiger partial charge in [-0.1, -0.05) is 18.2 Å². The Labute approximate surface area is 491 Å². The number of nitrogens with zero attached hydrogens (tertiary/aromatic N) is 21. The summed E-state index contributed by atoms with van der Waals surface area (Å²) >= 11 is 0. The molecule has 32 heteroatoms. The molecule has 25 nitrogen and oxygen atoms in total. The second-order valence-electron chi connectivity index (χ2n) is 24.5. The van der Waals surface area contributed by atoms with Gasteiger partial charge in [-0.3, -0.25) is 41.7 Å². The van der Waals surface area contributed by atoms with E-state index in [0.717, 1.165) is 18.2 Å². The molecule has 0 aliphatic heterocycles. The molecule has 86 heavy (non-hydrogen) atoms. The molecule has 0 bridgehead atoms. The Morgan fingerprint density at radius 1 is 0.384 bits per heavy atom. The third-order valence-corrected chi connectivity index (χ3v) is 16.2. The molecule has 0 N–H and O–H groups in total. The third-order valence-electron chi connectivity index (χ3n) is 14.6. The van der Waals surface area contributed by atoms with Crippen molar-refractivity contribution in [1.82, 2.24) is 88.6 Å². The summed E-state index contributed by atoms with van der Waals surface area (Å²) in [7, 11) is 10.4. The van der Waals surface area contributed by atoms with Crippen molar-refractivity contribution in [3.63, 3.8) is 0 Å². The van der Waals surface area contributed by atoms with Crippen LogP contribution in [0, 0.1) is 34.9 Å². The van der Waals surface area contributed by atoms with E-state index in [2.05, 4.69) is 60.5 Å². The average molecular weight is 1220 g/mol. The van der Waals surface area contributed by atoms with Gasteiger partial charge in [-0.2, -0.15) is 30.6 Å². The van der Waals surface area contributed by atoms with Gasteiger partial charge in [0, 0.05) is 34.9 Å². The summed E-state index contributed by atoms with van der Waals surface area (Å²) in [6.07, 6.45) is 10.9. The first-order valence-electron chi connectivity index (χ1n) is 27.0. The molecule has 458 valence electrons. The van der Waals surface area contributed by atoms with E-state index >= 15 is 30.9 Å². The Balaban J connectivity index is 1.40. The monoisotopic (exact) mass is 1220 g/mol. The van der Waals surface area contributed by atoms with Crippen LogP contribution in [0.25, 0.3) is 0 Å². The molecule has 0 radical (unpaired) electrons. The molecular formula is C54H69F6N21O4P+3. The third kappa shape index (κ3) is 15.0. The number of rotatable bonds is 30. The van der Waals surface area contributed by atoms with Crippen molar-refractivity contribution in [2.24, 2.45) is 0 Å². The molecule has 3 aromatic carbocycles. The van der Waals surface area contributed by atoms with Gasteiger partial charge in [-0.15, -0.1) is 0 Å². The van der Waals surface area contributed by atoms with Crippen LogP contribution in [0.4, 0.5) is 26.3 Å². The maximum absolute atomic E-state index is 18.2. The molecule has 0 aliphatic rings. The molecular weight excluding hydrogens is 1150 g/mol. The number of quaternary nitrogens is 3. The van der Waals surface area contributed by atoms with E-state index in [4.69, 9.17) is 13.6 Å². The van der Waals surface area contributed by atoms with Gasteiger partial charge in [0.1, 0.15) is 149 Å². The quantitative estimate of drug-likeness (QED) is 0.0336. The van der Waals surface area contributed by atoms with E-state index in [0.29, 0.717) is 18.2 Å². The SMILES string of the molecule is C[N+](C)(C)CC(OP(=O)(OC(C[N+](C)(C)C)C(Cn1cncn1)(Cn1cncn1)c1ccc(F)cc1F)OC(C[N+](C)(C)C)C(Cn1cncn1)(Cn1cncn1)c1ccc(F)cc1F)C(Cn1cncn1)(Cn1cncn1)c1ccc(F)cc1F. The van der Waals surface area contributed by atoms with E-state index in [1.54, 1.807) is 63.4 Å². The van der Waals surface area contributed by atoms with Crippen LogP contribution in [0.1, 0.15) is 16.7 Å². The van der Waals surface area contributed by atoms with Crippen LogP contribution < -0.4 is 0 Å². The Hall–Kier alpha value is -7.93. The molecule has 0 saturated carbocycles. The van der Waals surface area contributed by atoms with Crippen molar-refractivity contribution in [2.45, 2.75) is 73.8 Å². The number of halogens is 6. The summed E-state index contributed by atoms with van der Waals surface area (Å²) in [6.45, 7) is -2.59. The fraction of sp³-hybridized carbons (Fsp3) is 0.444. The number of likely N-dealkylation sites (N-methyl/N-ethyl adjacent to an activating group) is 3. The Kier molecular flexibility index (Phi) is 18.3. The van der Waals surface area contributed by atoms with E-state index in [-0.39, 0.29) is 89.0 Å². The van der Waals surface area contributed by atoms with Gasteiger partial charge in [-0.25, -0.2) is 60.8 Å². The standard InChI is InChI=1S/C54H69F6N21O4P/c1-79(2,3)19-49(52(22-73-34-61-28-67-73,23-74-35-62-29-68-74)43-13-10-40(55)16-46(43)58)83-86(82,84-50(20-80(4,5)6)53(24-75-36-63-30-69-75,25-76-37-64-31-70-76)44-14-11-41(56)17-47(44)59)85-51(21-81(7,8)9)54(26-77-38-65-32-71-77,27-78-39-66-33-72-78)45-15-12-42(57)18-48(45)60/h10-18,28-39,49-51H,19-27H2,1-9H3/q+3. The maximum Gasteiger partial charge on any atom is 0.476 e. The summed E-state index contributed by atoms with van der Waals surface area (Å²) in [5, 5.41) is 26.7. The molecule has 0 saturated heterocycles. The molecule has 6 aromatic heterocycles. The molecule has 9 aromatic rings. The van der Waals surface area contributed by atoms with Crippen molar-refractivity contribution in [1.29, 1.82) is 0 Å². The Morgan fingerprint density at radius 3 is 0.756 bits per heavy atom. The van der Waals surface area contributed by atoms with Gasteiger partial charge in [0.05, 0.1) is 119 Å². The van der Waals surface area contributed by atoms with Gasteiger partial charge in [0.25, 0.3) is 0 Å². The van der Waals surface area contributed by atoms with E-state index < -0.39 is 77.3 Å². The van der Waals surface area contributed by atoms with Crippen LogP contribution in [0.15, 0.2) is 131 Å². The van der Waals surface area contributed by atoms with Gasteiger partial charge >= 0.3 is 7.82 Å². The van der Waals surface area contributed by atoms with Crippen LogP contribution in [0.5, 0.6) is 0 Å². The van der Waals surface area contributed by atoms with Crippen LogP contribution in [-0.4, -0.2) is 203 Å². The minimum Gasteiger partial charge on any atom is -0.329 e. The molecule has 0 fully saturated rings. The summed E-state index contributed by atoms with van der Waals surface area (Å²) in [6, 6.07) is 9.06. The van der Waals surface area contributed by atoms with Crippen molar-refractivity contribution in [3.05, 3.63) is 182 Å². The second kappa shape index (κ2) is 25.2. The number of phosphoric ester groups is 1. The molecule has 0 spiro atoms. The zero-order valence-corrected chi connectivity index (χ0v) is 49.9. The molecule has 6 heterocycles. The lowest BCUT2D eigenvalue weighted by atomic mass is 9.74. The van der Waals surface area contributed by atoms with Gasteiger partial charge in [0.15, 0.2) is 0 Å². The molecule has 3 atom stereocenters. The minimum atomic E-state index is -5.80. The fourth-order valence-electron chi connectivity index (χ4n) is 11.1. The molecule has 0 amide bonds. The number of hydrogen-bond acceptors (Lipinski definition) is 16. The first-order valence-corrected chi connectivity index (χ1v) is 28.5. The zero-order chi connectivity index (χ0) is 61.7. The minimum absolute atomic E-state index is 0.0127. The molecule has 9 rings (SSSR count). The highest BCUT2D eigenvalue weighted by Gasteiger charge is 2.58. The van der Waals surface area contributed by atoms with Crippen LogP contribution >= 0.6 is 7.82 Å². The van der Waals surface area contributed by atoms with Gasteiger partial charge in [0.2, 0.25) is 0 Å². The van der Waals surface area contributed by atoms with E-state index in [9.17, 15) is 0 Å². The first-order chi connectivity index (χ1) is 40.6. The molecule has 0 aliphatic carbocycles. The summed E-state index contributed by atoms with van der Waals surface area (Å²) in [5.41, 5.74) is -6.24. The predicted molar refractivity (Wildman–Crippen MR) is 295 cm³/mol. The van der Waals surface area contributed by atoms with E-state index in [1.165, 1.54) is 122 Å². The fourth-order valence-corrected chi connectivity index (χ4v) is 12.9. The van der Waals surface area contributed by atoms with Crippen molar-refractivity contribution >= 4 is 7.82 Å². The summed E-state index contributed by atoms with van der Waals surface area (Å²) in [4.78, 5) is 25.2. The van der Waals surface area contributed by atoms with Crippen LogP contribution in [-0.2, 0) is 73.6 Å². The number of benzene rings is 3. The normalized spacial score (nSPS) is 14.8. The van der Waals surface area contributed by atoms with Gasteiger partial charge in [-0.05, 0) is 18.2 Å². The largest absolute Gasteiger partial charge is 0.476 e. The zero-order valence-electron chi connectivity index (χ0n) is 49.0. The second-order valence-corrected chi connectivity index (χ2v) is 26.1. The van der Waals surface area contributed by atoms with E-state index in [1.807, 2.05) is 0 Å². The highest BCUT2D eigenvalue weighted by Crippen LogP contribution is 2.60. The van der Waals surface area contributed by atoms with Gasteiger partial charge < -0.3 is 13.4 Å². The predicted octanol–water partition coefficient (Wildman–Crippen LogP) is 4.77. The molecule has 3 unspecified atom stereocenters. The van der Waals surface area contributed by atoms with Crippen molar-refractivity contribution < 1.29 is 57.9 Å². The lowest BCUT2D eigenvalue weighted by Gasteiger charge is -2.48. The first kappa shape index (κ1) is 62.6. The van der Waals surface area contributed by atoms with Crippen molar-refractivity contribution in [2.75, 3.05) is 83.1 Å². The van der Waals surface area contributed by atoms with Crippen molar-refractivity contribution in [3.8, 4) is 0 Å². The maximum atomic E-state index is 18.2. The average Bonchev–Trinajstić information content (AvgIpc) is 0.973. The summed E-state index contributed by atoms with van der Waals surface area (Å²) in [5.74, 6) is -5.87. The lowest BCUT2D eigenvalue weighted by molar-refractivity contribution is -0.874. The Bertz CT molecular complexity index is 3150.